The average Bonchev–Trinajstić information content (AvgIpc) is 2.15. The molecule has 0 radical (unpaired) electrons. The van der Waals surface area contributed by atoms with Gasteiger partial charge in [-0.2, -0.15) is 5.26 Å². The van der Waals surface area contributed by atoms with Crippen LogP contribution in [0.4, 0.5) is 0 Å². The molecule has 0 saturated heterocycles. The third-order valence-electron chi connectivity index (χ3n) is 2.02. The third kappa shape index (κ3) is 2.00. The Labute approximate surface area is 89.1 Å². The van der Waals surface area contributed by atoms with Gasteiger partial charge in [0, 0.05) is 10.6 Å². The number of nitriles is 1. The molecule has 14 heavy (non-hydrogen) atoms. The summed E-state index contributed by atoms with van der Waals surface area (Å²) in [4.78, 5) is 0. The number of benzene rings is 1. The van der Waals surface area contributed by atoms with Crippen LogP contribution < -0.4 is 4.74 Å². The number of rotatable bonds is 2. The molecular formula is C11H12ClNO. The van der Waals surface area contributed by atoms with E-state index in [1.54, 1.807) is 19.2 Å². The maximum atomic E-state index is 8.75. The number of halogens is 1. The Bertz CT molecular complexity index is 380. The van der Waals surface area contributed by atoms with Crippen LogP contribution in [-0.4, -0.2) is 7.11 Å². The fourth-order valence-electron chi connectivity index (χ4n) is 1.39. The zero-order chi connectivity index (χ0) is 10.7. The van der Waals surface area contributed by atoms with E-state index in [1.807, 2.05) is 19.9 Å². The molecule has 0 unspecified atom stereocenters. The van der Waals surface area contributed by atoms with E-state index in [1.165, 1.54) is 0 Å². The van der Waals surface area contributed by atoms with E-state index in [-0.39, 0.29) is 5.92 Å². The van der Waals surface area contributed by atoms with E-state index in [2.05, 4.69) is 0 Å². The Morgan fingerprint density at radius 1 is 1.43 bits per heavy atom. The van der Waals surface area contributed by atoms with E-state index in [4.69, 9.17) is 21.6 Å². The molecule has 0 atom stereocenters. The lowest BCUT2D eigenvalue weighted by Gasteiger charge is -2.13. The molecule has 0 aliphatic heterocycles. The summed E-state index contributed by atoms with van der Waals surface area (Å²) in [5, 5.41) is 9.34. The van der Waals surface area contributed by atoms with Crippen molar-refractivity contribution < 1.29 is 4.74 Å². The first-order chi connectivity index (χ1) is 6.60. The molecule has 0 heterocycles. The SMILES string of the molecule is COc1cc(C#N)cc(Cl)c1C(C)C. The van der Waals surface area contributed by atoms with Gasteiger partial charge in [-0.3, -0.25) is 0 Å². The molecule has 0 fully saturated rings. The minimum Gasteiger partial charge on any atom is -0.496 e. The molecule has 74 valence electrons. The van der Waals surface area contributed by atoms with Gasteiger partial charge in [0.25, 0.3) is 0 Å². The molecule has 0 bridgehead atoms. The van der Waals surface area contributed by atoms with Crippen molar-refractivity contribution in [3.8, 4) is 11.8 Å². The number of nitrogens with zero attached hydrogens (tertiary/aromatic N) is 1. The Morgan fingerprint density at radius 3 is 2.50 bits per heavy atom. The summed E-state index contributed by atoms with van der Waals surface area (Å²) in [5.41, 5.74) is 1.48. The Morgan fingerprint density at radius 2 is 2.07 bits per heavy atom. The van der Waals surface area contributed by atoms with Gasteiger partial charge < -0.3 is 4.74 Å². The Balaban J connectivity index is 3.36. The fourth-order valence-corrected chi connectivity index (χ4v) is 1.82. The summed E-state index contributed by atoms with van der Waals surface area (Å²) in [6, 6.07) is 5.42. The van der Waals surface area contributed by atoms with Gasteiger partial charge in [0.15, 0.2) is 0 Å². The molecule has 2 nitrogen and oxygen atoms in total. The first-order valence-electron chi connectivity index (χ1n) is 4.37. The number of hydrogen-bond donors (Lipinski definition) is 0. The molecule has 0 amide bonds. The van der Waals surface area contributed by atoms with Gasteiger partial charge in [-0.15, -0.1) is 0 Å². The van der Waals surface area contributed by atoms with Gasteiger partial charge in [0.1, 0.15) is 5.75 Å². The normalized spacial score (nSPS) is 10.0. The summed E-state index contributed by atoms with van der Waals surface area (Å²) < 4.78 is 5.19. The minimum absolute atomic E-state index is 0.283. The Kier molecular flexibility index (Phi) is 3.38. The standard InChI is InChI=1S/C11H12ClNO/c1-7(2)11-9(12)4-8(6-13)5-10(11)14-3/h4-5,7H,1-3H3. The van der Waals surface area contributed by atoms with Crippen LogP contribution in [0.3, 0.4) is 0 Å². The molecule has 1 rings (SSSR count). The first kappa shape index (κ1) is 10.9. The van der Waals surface area contributed by atoms with Crippen molar-refractivity contribution in [2.24, 2.45) is 0 Å². The van der Waals surface area contributed by atoms with Gasteiger partial charge in [-0.05, 0) is 18.1 Å². The van der Waals surface area contributed by atoms with Crippen molar-refractivity contribution >= 4 is 11.6 Å². The number of hydrogen-bond acceptors (Lipinski definition) is 2. The van der Waals surface area contributed by atoms with Crippen LogP contribution >= 0.6 is 11.6 Å². The average molecular weight is 210 g/mol. The molecule has 1 aromatic carbocycles. The van der Waals surface area contributed by atoms with Crippen LogP contribution in [0.25, 0.3) is 0 Å². The molecule has 0 spiro atoms. The van der Waals surface area contributed by atoms with Crippen LogP contribution in [0.5, 0.6) is 5.75 Å². The largest absolute Gasteiger partial charge is 0.496 e. The van der Waals surface area contributed by atoms with Crippen molar-refractivity contribution in [2.45, 2.75) is 19.8 Å². The second kappa shape index (κ2) is 4.34. The van der Waals surface area contributed by atoms with Crippen LogP contribution in [0.1, 0.15) is 30.9 Å². The zero-order valence-corrected chi connectivity index (χ0v) is 9.22. The minimum atomic E-state index is 0.283. The van der Waals surface area contributed by atoms with Gasteiger partial charge in [-0.25, -0.2) is 0 Å². The molecule has 0 N–H and O–H groups in total. The second-order valence-corrected chi connectivity index (χ2v) is 3.75. The summed E-state index contributed by atoms with van der Waals surface area (Å²) in [6.07, 6.45) is 0. The smallest absolute Gasteiger partial charge is 0.125 e. The molecule has 0 aliphatic carbocycles. The molecule has 0 aliphatic rings. The highest BCUT2D eigenvalue weighted by Gasteiger charge is 2.13. The van der Waals surface area contributed by atoms with E-state index in [0.29, 0.717) is 16.3 Å². The highest BCUT2D eigenvalue weighted by Crippen LogP contribution is 2.34. The van der Waals surface area contributed by atoms with E-state index in [0.717, 1.165) is 5.56 Å². The van der Waals surface area contributed by atoms with Crippen molar-refractivity contribution in [1.29, 1.82) is 5.26 Å². The number of methoxy groups -OCH3 is 1. The van der Waals surface area contributed by atoms with Gasteiger partial charge in [-0.1, -0.05) is 25.4 Å². The molecule has 0 saturated carbocycles. The maximum Gasteiger partial charge on any atom is 0.125 e. The van der Waals surface area contributed by atoms with Crippen LogP contribution in [0.2, 0.25) is 5.02 Å². The molecule has 3 heteroatoms. The van der Waals surface area contributed by atoms with Crippen molar-refractivity contribution in [3.63, 3.8) is 0 Å². The molecule has 1 aromatic rings. The number of ether oxygens (including phenoxy) is 1. The lowest BCUT2D eigenvalue weighted by Crippen LogP contribution is -1.96. The van der Waals surface area contributed by atoms with Crippen LogP contribution in [0.15, 0.2) is 12.1 Å². The first-order valence-corrected chi connectivity index (χ1v) is 4.75. The summed E-state index contributed by atoms with van der Waals surface area (Å²) in [7, 11) is 1.58. The van der Waals surface area contributed by atoms with E-state index >= 15 is 0 Å². The zero-order valence-electron chi connectivity index (χ0n) is 8.47. The third-order valence-corrected chi connectivity index (χ3v) is 2.33. The molecule has 0 aromatic heterocycles. The van der Waals surface area contributed by atoms with Crippen molar-refractivity contribution in [3.05, 3.63) is 28.3 Å². The highest BCUT2D eigenvalue weighted by molar-refractivity contribution is 6.31. The van der Waals surface area contributed by atoms with E-state index < -0.39 is 0 Å². The van der Waals surface area contributed by atoms with E-state index in [9.17, 15) is 0 Å². The lowest BCUT2D eigenvalue weighted by atomic mass is 10.0. The van der Waals surface area contributed by atoms with Crippen molar-refractivity contribution in [2.75, 3.05) is 7.11 Å². The lowest BCUT2D eigenvalue weighted by molar-refractivity contribution is 0.407. The Hall–Kier alpha value is -1.20. The van der Waals surface area contributed by atoms with Crippen LogP contribution in [-0.2, 0) is 0 Å². The quantitative estimate of drug-likeness (QED) is 0.749. The predicted molar refractivity (Wildman–Crippen MR) is 56.8 cm³/mol. The summed E-state index contributed by atoms with van der Waals surface area (Å²) in [5.74, 6) is 0.967. The second-order valence-electron chi connectivity index (χ2n) is 3.34. The molecular weight excluding hydrogens is 198 g/mol. The predicted octanol–water partition coefficient (Wildman–Crippen LogP) is 3.34. The maximum absolute atomic E-state index is 8.75. The fraction of sp³-hybridized carbons (Fsp3) is 0.364. The van der Waals surface area contributed by atoms with Crippen LogP contribution in [0, 0.1) is 11.3 Å². The van der Waals surface area contributed by atoms with Gasteiger partial charge in [0.2, 0.25) is 0 Å². The monoisotopic (exact) mass is 209 g/mol. The highest BCUT2D eigenvalue weighted by atomic mass is 35.5. The summed E-state index contributed by atoms with van der Waals surface area (Å²) >= 11 is 6.06. The van der Waals surface area contributed by atoms with Gasteiger partial charge >= 0.3 is 0 Å². The van der Waals surface area contributed by atoms with Gasteiger partial charge in [0.05, 0.1) is 18.7 Å². The van der Waals surface area contributed by atoms with Crippen molar-refractivity contribution in [1.82, 2.24) is 0 Å². The topological polar surface area (TPSA) is 33.0 Å². The summed E-state index contributed by atoms with van der Waals surface area (Å²) in [6.45, 7) is 4.07.